The van der Waals surface area contributed by atoms with Crippen LogP contribution in [0.15, 0.2) is 309 Å². The molecule has 14 rings (SSSR count). The molecule has 0 spiro atoms. The maximum Gasteiger partial charge on any atom is 0.0583 e. The third-order valence-corrected chi connectivity index (χ3v) is 17.4. The molecule has 0 aliphatic heterocycles. The molecule has 0 amide bonds. The zero-order chi connectivity index (χ0) is 56.1. The molecule has 83 heavy (non-hydrogen) atoms. The SMILES string of the molecule is CC(C)(c1ccc(N(c2ccc(-c3ccccc3)cc2)c2cc(N(c3ccc(-c4ccccc4)cc3)c3ccc(C(C)(C)c4ccc5ccccc5c4)cc3)c3c4ccccc4n(-c4ccccc4)c3c2)cc1)c1ccc2ccccc2c1. The highest BCUT2D eigenvalue weighted by molar-refractivity contribution is 6.18. The van der Waals surface area contributed by atoms with Crippen molar-refractivity contribution in [2.75, 3.05) is 9.80 Å². The lowest BCUT2D eigenvalue weighted by Crippen LogP contribution is -2.19. The monoisotopic (exact) mass is 1070 g/mol. The van der Waals surface area contributed by atoms with Crippen molar-refractivity contribution in [1.29, 1.82) is 0 Å². The van der Waals surface area contributed by atoms with Crippen molar-refractivity contribution >= 4 is 77.5 Å². The summed E-state index contributed by atoms with van der Waals surface area (Å²) in [6, 6.07) is 114. The third kappa shape index (κ3) is 9.40. The van der Waals surface area contributed by atoms with E-state index in [1.807, 2.05) is 0 Å². The van der Waals surface area contributed by atoms with E-state index in [0.717, 1.165) is 56.2 Å². The zero-order valence-corrected chi connectivity index (χ0v) is 47.3. The third-order valence-electron chi connectivity index (χ3n) is 17.4. The standard InChI is InChI=1S/C80H63N3/c1-79(2,66-38-32-58-24-14-16-26-62(58)52-66)64-40-48-70(49-41-64)81(69-44-34-60(35-45-69)56-20-8-5-9-21-56)73-54-76(78-74-30-18-19-31-75(74)83(77(78)55-73)68-28-12-7-13-29-68)82(71-46-36-61(37-47-71)57-22-10-6-11-23-57)72-50-42-65(43-51-72)80(3,4)67-39-33-59-25-15-17-27-63(59)53-67/h5-55H,1-4H3. The van der Waals surface area contributed by atoms with Crippen LogP contribution in [-0.2, 0) is 10.8 Å². The molecule has 0 saturated heterocycles. The minimum absolute atomic E-state index is 0.260. The van der Waals surface area contributed by atoms with Gasteiger partial charge in [-0.05, 0) is 145 Å². The van der Waals surface area contributed by atoms with Gasteiger partial charge in [0.15, 0.2) is 0 Å². The van der Waals surface area contributed by atoms with Gasteiger partial charge in [0.2, 0.25) is 0 Å². The van der Waals surface area contributed by atoms with E-state index in [2.05, 4.69) is 351 Å². The van der Waals surface area contributed by atoms with Gasteiger partial charge in [-0.15, -0.1) is 0 Å². The van der Waals surface area contributed by atoms with Gasteiger partial charge in [0.25, 0.3) is 0 Å². The van der Waals surface area contributed by atoms with Gasteiger partial charge in [-0.1, -0.05) is 258 Å². The predicted molar refractivity (Wildman–Crippen MR) is 353 cm³/mol. The van der Waals surface area contributed by atoms with E-state index in [1.54, 1.807) is 0 Å². The Kier molecular flexibility index (Phi) is 12.9. The number of nitrogens with zero attached hydrogens (tertiary/aromatic N) is 3. The van der Waals surface area contributed by atoms with E-state index in [1.165, 1.54) is 71.4 Å². The Balaban J connectivity index is 0.996. The molecule has 3 heteroatoms. The number of rotatable bonds is 13. The highest BCUT2D eigenvalue weighted by Gasteiger charge is 2.29. The van der Waals surface area contributed by atoms with E-state index in [9.17, 15) is 0 Å². The van der Waals surface area contributed by atoms with Gasteiger partial charge in [-0.2, -0.15) is 0 Å². The Labute approximate surface area is 487 Å². The van der Waals surface area contributed by atoms with Crippen molar-refractivity contribution in [2.24, 2.45) is 0 Å². The molecular weight excluding hydrogens is 1000 g/mol. The minimum Gasteiger partial charge on any atom is -0.310 e. The number of hydrogen-bond donors (Lipinski definition) is 0. The fraction of sp³-hybridized carbons (Fsp3) is 0.0750. The summed E-state index contributed by atoms with van der Waals surface area (Å²) in [5.74, 6) is 0. The number of benzene rings is 13. The van der Waals surface area contributed by atoms with Gasteiger partial charge < -0.3 is 14.4 Å². The highest BCUT2D eigenvalue weighted by Crippen LogP contribution is 2.49. The second kappa shape index (κ2) is 21.0. The van der Waals surface area contributed by atoms with Crippen LogP contribution in [0.5, 0.6) is 0 Å². The van der Waals surface area contributed by atoms with Gasteiger partial charge in [0.05, 0.1) is 22.4 Å². The molecule has 1 heterocycles. The molecule has 398 valence electrons. The predicted octanol–water partition coefficient (Wildman–Crippen LogP) is 22.0. The van der Waals surface area contributed by atoms with Crippen molar-refractivity contribution in [3.63, 3.8) is 0 Å². The van der Waals surface area contributed by atoms with Crippen molar-refractivity contribution in [3.8, 4) is 27.9 Å². The van der Waals surface area contributed by atoms with Gasteiger partial charge in [0.1, 0.15) is 0 Å². The number of hydrogen-bond acceptors (Lipinski definition) is 2. The summed E-state index contributed by atoms with van der Waals surface area (Å²) in [5, 5.41) is 7.33. The summed E-state index contributed by atoms with van der Waals surface area (Å²) >= 11 is 0. The van der Waals surface area contributed by atoms with Crippen LogP contribution in [0.2, 0.25) is 0 Å². The van der Waals surface area contributed by atoms with Crippen molar-refractivity contribution < 1.29 is 0 Å². The van der Waals surface area contributed by atoms with Crippen LogP contribution in [-0.4, -0.2) is 4.57 Å². The van der Waals surface area contributed by atoms with E-state index in [0.29, 0.717) is 0 Å². The lowest BCUT2D eigenvalue weighted by atomic mass is 9.77. The summed E-state index contributed by atoms with van der Waals surface area (Å²) in [6.45, 7) is 9.37. The minimum atomic E-state index is -0.266. The van der Waals surface area contributed by atoms with Crippen LogP contribution in [0, 0.1) is 0 Å². The Morgan fingerprint density at radius 1 is 0.265 bits per heavy atom. The van der Waals surface area contributed by atoms with Gasteiger partial charge >= 0.3 is 0 Å². The first-order valence-electron chi connectivity index (χ1n) is 28.9. The van der Waals surface area contributed by atoms with E-state index in [-0.39, 0.29) is 10.8 Å². The molecule has 3 nitrogen and oxygen atoms in total. The molecule has 1 aromatic heterocycles. The molecule has 0 radical (unpaired) electrons. The van der Waals surface area contributed by atoms with E-state index in [4.69, 9.17) is 0 Å². The van der Waals surface area contributed by atoms with E-state index < -0.39 is 0 Å². The van der Waals surface area contributed by atoms with Gasteiger partial charge in [-0.25, -0.2) is 0 Å². The molecule has 0 bridgehead atoms. The second-order valence-corrected chi connectivity index (χ2v) is 23.0. The summed E-state index contributed by atoms with van der Waals surface area (Å²) in [4.78, 5) is 4.93. The quantitative estimate of drug-likeness (QED) is 0.114. The Hall–Kier alpha value is -10.2. The molecule has 0 unspecified atom stereocenters. The lowest BCUT2D eigenvalue weighted by Gasteiger charge is -2.32. The molecular formula is C80H63N3. The van der Waals surface area contributed by atoms with Crippen molar-refractivity contribution in [2.45, 2.75) is 38.5 Å². The number of para-hydroxylation sites is 2. The van der Waals surface area contributed by atoms with Crippen LogP contribution < -0.4 is 9.80 Å². The summed E-state index contributed by atoms with van der Waals surface area (Å²) in [5.41, 5.74) is 18.9. The van der Waals surface area contributed by atoms with Gasteiger partial charge in [0, 0.05) is 50.0 Å². The van der Waals surface area contributed by atoms with E-state index >= 15 is 0 Å². The average Bonchev–Trinajstić information content (AvgIpc) is 2.32. The zero-order valence-electron chi connectivity index (χ0n) is 47.3. The first-order valence-corrected chi connectivity index (χ1v) is 28.9. The van der Waals surface area contributed by atoms with Crippen LogP contribution in [0.3, 0.4) is 0 Å². The topological polar surface area (TPSA) is 11.4 Å². The maximum atomic E-state index is 2.49. The van der Waals surface area contributed by atoms with Crippen LogP contribution >= 0.6 is 0 Å². The van der Waals surface area contributed by atoms with Crippen LogP contribution in [0.1, 0.15) is 49.9 Å². The lowest BCUT2D eigenvalue weighted by molar-refractivity contribution is 0.642. The smallest absolute Gasteiger partial charge is 0.0583 e. The van der Waals surface area contributed by atoms with Crippen LogP contribution in [0.25, 0.3) is 71.3 Å². The highest BCUT2D eigenvalue weighted by atomic mass is 15.2. The van der Waals surface area contributed by atoms with Crippen LogP contribution in [0.4, 0.5) is 34.1 Å². The second-order valence-electron chi connectivity index (χ2n) is 23.0. The normalized spacial score (nSPS) is 11.9. The largest absolute Gasteiger partial charge is 0.310 e. The Bertz CT molecular complexity index is 4620. The Morgan fingerprint density at radius 2 is 0.639 bits per heavy atom. The molecule has 0 aliphatic carbocycles. The molecule has 0 saturated carbocycles. The summed E-state index contributed by atoms with van der Waals surface area (Å²) in [7, 11) is 0. The number of aromatic nitrogens is 1. The first kappa shape index (κ1) is 51.0. The molecule has 14 aromatic rings. The molecule has 0 atom stereocenters. The summed E-state index contributed by atoms with van der Waals surface area (Å²) < 4.78 is 2.45. The molecule has 0 aliphatic rings. The fourth-order valence-electron chi connectivity index (χ4n) is 12.5. The maximum absolute atomic E-state index is 2.49. The first-order chi connectivity index (χ1) is 40.7. The fourth-order valence-corrected chi connectivity index (χ4v) is 12.5. The summed E-state index contributed by atoms with van der Waals surface area (Å²) in [6.07, 6.45) is 0. The number of fused-ring (bicyclic) bond motifs is 5. The Morgan fingerprint density at radius 3 is 1.12 bits per heavy atom. The molecule has 0 fully saturated rings. The van der Waals surface area contributed by atoms with Gasteiger partial charge in [-0.3, -0.25) is 0 Å². The molecule has 0 N–H and O–H groups in total. The number of anilines is 6. The molecule has 13 aromatic carbocycles. The average molecular weight is 1070 g/mol. The van der Waals surface area contributed by atoms with Crippen molar-refractivity contribution in [3.05, 3.63) is 332 Å². The van der Waals surface area contributed by atoms with Crippen molar-refractivity contribution in [1.82, 2.24) is 4.57 Å².